The van der Waals surface area contributed by atoms with E-state index in [0.717, 1.165) is 10.0 Å². The first kappa shape index (κ1) is 20.0. The van der Waals surface area contributed by atoms with Crippen molar-refractivity contribution in [3.63, 3.8) is 0 Å². The van der Waals surface area contributed by atoms with E-state index >= 15 is 0 Å². The molecule has 0 aromatic heterocycles. The topological polar surface area (TPSA) is 50.7 Å². The smallest absolute Gasteiger partial charge is 0.162 e. The number of halogens is 3. The van der Waals surface area contributed by atoms with Crippen LogP contribution in [-0.2, 0) is 13.2 Å². The van der Waals surface area contributed by atoms with Gasteiger partial charge in [0.1, 0.15) is 12.4 Å². The minimum atomic E-state index is -0.422. The highest BCUT2D eigenvalue weighted by molar-refractivity contribution is 9.10. The Morgan fingerprint density at radius 2 is 2.08 bits per heavy atom. The molecule has 0 heterocycles. The van der Waals surface area contributed by atoms with Crippen LogP contribution in [0.3, 0.4) is 0 Å². The van der Waals surface area contributed by atoms with E-state index < -0.39 is 11.9 Å². The van der Waals surface area contributed by atoms with Crippen LogP contribution in [0.15, 0.2) is 34.8 Å². The molecule has 136 valence electrons. The Kier molecular flexibility index (Phi) is 7.50. The fraction of sp³-hybridized carbons (Fsp3) is 0.333. The maximum Gasteiger partial charge on any atom is 0.162 e. The Labute approximate surface area is 160 Å². The van der Waals surface area contributed by atoms with Crippen molar-refractivity contribution in [2.45, 2.75) is 26.2 Å². The average Bonchev–Trinajstić information content (AvgIpc) is 2.55. The molecule has 0 amide bonds. The van der Waals surface area contributed by atoms with Gasteiger partial charge in [0.15, 0.2) is 11.5 Å². The fourth-order valence-corrected chi connectivity index (χ4v) is 2.90. The summed E-state index contributed by atoms with van der Waals surface area (Å²) in [5, 5.41) is 12.8. The third-order valence-corrected chi connectivity index (χ3v) is 4.61. The van der Waals surface area contributed by atoms with E-state index in [1.54, 1.807) is 32.2 Å². The second kappa shape index (κ2) is 9.38. The van der Waals surface area contributed by atoms with Crippen molar-refractivity contribution in [3.8, 4) is 11.5 Å². The van der Waals surface area contributed by atoms with Gasteiger partial charge < -0.3 is 19.9 Å². The van der Waals surface area contributed by atoms with E-state index in [9.17, 15) is 9.50 Å². The molecule has 7 heteroatoms. The highest BCUT2D eigenvalue weighted by Crippen LogP contribution is 2.34. The third-order valence-electron chi connectivity index (χ3n) is 3.52. The lowest BCUT2D eigenvalue weighted by Crippen LogP contribution is -2.24. The van der Waals surface area contributed by atoms with Crippen molar-refractivity contribution in [1.29, 1.82) is 0 Å². The van der Waals surface area contributed by atoms with Gasteiger partial charge in [-0.2, -0.15) is 0 Å². The van der Waals surface area contributed by atoms with Gasteiger partial charge in [-0.25, -0.2) is 4.39 Å². The summed E-state index contributed by atoms with van der Waals surface area (Å²) < 4.78 is 25.8. The molecule has 0 radical (unpaired) electrons. The van der Waals surface area contributed by atoms with Gasteiger partial charge in [0.2, 0.25) is 0 Å². The van der Waals surface area contributed by atoms with Crippen molar-refractivity contribution in [2.75, 3.05) is 13.7 Å². The zero-order chi connectivity index (χ0) is 18.4. The van der Waals surface area contributed by atoms with Gasteiger partial charge in [-0.3, -0.25) is 0 Å². The summed E-state index contributed by atoms with van der Waals surface area (Å²) in [4.78, 5) is 0. The van der Waals surface area contributed by atoms with Gasteiger partial charge in [-0.05, 0) is 36.8 Å². The number of hydrogen-bond donors (Lipinski definition) is 2. The molecule has 25 heavy (non-hydrogen) atoms. The summed E-state index contributed by atoms with van der Waals surface area (Å²) in [6.45, 7) is 2.75. The van der Waals surface area contributed by atoms with Gasteiger partial charge in [0.05, 0.1) is 18.2 Å². The first-order valence-electron chi connectivity index (χ1n) is 7.73. The fourth-order valence-electron chi connectivity index (χ4n) is 2.22. The molecule has 0 spiro atoms. The van der Waals surface area contributed by atoms with Gasteiger partial charge in [0, 0.05) is 23.1 Å². The van der Waals surface area contributed by atoms with E-state index in [1.807, 2.05) is 6.07 Å². The Balaban J connectivity index is 2.14. The third kappa shape index (κ3) is 5.57. The van der Waals surface area contributed by atoms with Crippen molar-refractivity contribution in [1.82, 2.24) is 5.32 Å². The SMILES string of the molecule is COc1cc(CNCC(C)O)c(Br)cc1OCc1c(F)cccc1Cl. The lowest BCUT2D eigenvalue weighted by Gasteiger charge is -2.15. The normalized spacial score (nSPS) is 12.1. The molecule has 0 aliphatic rings. The number of aliphatic hydroxyl groups is 1. The van der Waals surface area contributed by atoms with Crippen molar-refractivity contribution < 1.29 is 19.0 Å². The van der Waals surface area contributed by atoms with E-state index in [0.29, 0.717) is 35.2 Å². The monoisotopic (exact) mass is 431 g/mol. The predicted molar refractivity (Wildman–Crippen MR) is 99.8 cm³/mol. The highest BCUT2D eigenvalue weighted by Gasteiger charge is 2.13. The first-order chi connectivity index (χ1) is 11.9. The lowest BCUT2D eigenvalue weighted by atomic mass is 10.2. The quantitative estimate of drug-likeness (QED) is 0.653. The van der Waals surface area contributed by atoms with Gasteiger partial charge in [-0.15, -0.1) is 0 Å². The number of benzene rings is 2. The van der Waals surface area contributed by atoms with E-state index in [2.05, 4.69) is 21.2 Å². The van der Waals surface area contributed by atoms with Crippen LogP contribution in [0, 0.1) is 5.82 Å². The number of nitrogens with one attached hydrogen (secondary N) is 1. The number of methoxy groups -OCH3 is 1. The first-order valence-corrected chi connectivity index (χ1v) is 8.90. The van der Waals surface area contributed by atoms with Gasteiger partial charge in [-0.1, -0.05) is 33.6 Å². The molecule has 0 bridgehead atoms. The standard InChI is InChI=1S/C18H20BrClFNO3/c1-11(23)8-22-9-12-6-17(24-2)18(7-14(12)19)25-10-13-15(20)4-3-5-16(13)21/h3-7,11,22-23H,8-10H2,1-2H3. The van der Waals surface area contributed by atoms with E-state index in [1.165, 1.54) is 6.07 Å². The molecular weight excluding hydrogens is 413 g/mol. The van der Waals surface area contributed by atoms with Crippen LogP contribution in [0.2, 0.25) is 5.02 Å². The highest BCUT2D eigenvalue weighted by atomic mass is 79.9. The van der Waals surface area contributed by atoms with Crippen molar-refractivity contribution >= 4 is 27.5 Å². The van der Waals surface area contributed by atoms with Crippen LogP contribution in [0.4, 0.5) is 4.39 Å². The zero-order valence-electron chi connectivity index (χ0n) is 14.0. The minimum absolute atomic E-state index is 0.00602. The molecule has 2 rings (SSSR count). The molecule has 0 saturated carbocycles. The van der Waals surface area contributed by atoms with Crippen molar-refractivity contribution in [3.05, 3.63) is 56.8 Å². The lowest BCUT2D eigenvalue weighted by molar-refractivity contribution is 0.191. The van der Waals surface area contributed by atoms with Crippen LogP contribution >= 0.6 is 27.5 Å². The molecule has 0 fully saturated rings. The van der Waals surface area contributed by atoms with Crippen LogP contribution in [-0.4, -0.2) is 24.9 Å². The summed E-state index contributed by atoms with van der Waals surface area (Å²) in [6.07, 6.45) is -0.422. The Morgan fingerprint density at radius 1 is 1.32 bits per heavy atom. The number of rotatable bonds is 8. The summed E-state index contributed by atoms with van der Waals surface area (Å²) in [7, 11) is 1.54. The molecule has 0 aliphatic heterocycles. The van der Waals surface area contributed by atoms with Gasteiger partial charge in [0.25, 0.3) is 0 Å². The second-order valence-corrected chi connectivity index (χ2v) is 6.82. The van der Waals surface area contributed by atoms with Crippen LogP contribution in [0.25, 0.3) is 0 Å². The Bertz CT molecular complexity index is 707. The second-order valence-electron chi connectivity index (χ2n) is 5.56. The van der Waals surface area contributed by atoms with Crippen LogP contribution in [0.5, 0.6) is 11.5 Å². The van der Waals surface area contributed by atoms with Crippen LogP contribution in [0.1, 0.15) is 18.1 Å². The number of ether oxygens (including phenoxy) is 2. The molecule has 1 unspecified atom stereocenters. The number of hydrogen-bond acceptors (Lipinski definition) is 4. The summed E-state index contributed by atoms with van der Waals surface area (Å²) in [5.74, 6) is 0.599. The predicted octanol–water partition coefficient (Wildman–Crippen LogP) is 4.30. The zero-order valence-corrected chi connectivity index (χ0v) is 16.3. The van der Waals surface area contributed by atoms with Crippen LogP contribution < -0.4 is 14.8 Å². The molecular formula is C18H20BrClFNO3. The molecule has 0 saturated heterocycles. The Hall–Kier alpha value is -1.34. The molecule has 0 aliphatic carbocycles. The van der Waals surface area contributed by atoms with E-state index in [4.69, 9.17) is 21.1 Å². The average molecular weight is 433 g/mol. The summed E-state index contributed by atoms with van der Waals surface area (Å²) in [5.41, 5.74) is 1.25. The van der Waals surface area contributed by atoms with E-state index in [-0.39, 0.29) is 6.61 Å². The molecule has 2 N–H and O–H groups in total. The molecule has 1 atom stereocenters. The molecule has 4 nitrogen and oxygen atoms in total. The maximum atomic E-state index is 13.8. The number of aliphatic hydroxyl groups excluding tert-OH is 1. The maximum absolute atomic E-state index is 13.8. The molecule has 2 aromatic carbocycles. The summed E-state index contributed by atoms with van der Waals surface area (Å²) >= 11 is 9.51. The largest absolute Gasteiger partial charge is 0.493 e. The van der Waals surface area contributed by atoms with Gasteiger partial charge >= 0.3 is 0 Å². The summed E-state index contributed by atoms with van der Waals surface area (Å²) in [6, 6.07) is 8.11. The van der Waals surface area contributed by atoms with Crippen molar-refractivity contribution in [2.24, 2.45) is 0 Å². The minimum Gasteiger partial charge on any atom is -0.493 e. The molecule has 2 aromatic rings. The Morgan fingerprint density at radius 3 is 2.72 bits per heavy atom.